The number of hydrogen-bond donors (Lipinski definition) is 1. The lowest BCUT2D eigenvalue weighted by atomic mass is 10.1. The molecule has 27 heavy (non-hydrogen) atoms. The van der Waals surface area contributed by atoms with Crippen molar-refractivity contribution in [3.05, 3.63) is 35.9 Å². The lowest BCUT2D eigenvalue weighted by molar-refractivity contribution is -0.137. The maximum absolute atomic E-state index is 12.1. The fourth-order valence-electron chi connectivity index (χ4n) is 3.34. The van der Waals surface area contributed by atoms with Crippen LogP contribution in [0, 0.1) is 0 Å². The summed E-state index contributed by atoms with van der Waals surface area (Å²) in [7, 11) is -3.06. The highest BCUT2D eigenvalue weighted by molar-refractivity contribution is 8.15. The second-order valence-corrected chi connectivity index (χ2v) is 10.1. The number of carbonyl (C=O) groups is 2. The molecule has 2 saturated heterocycles. The van der Waals surface area contributed by atoms with Crippen molar-refractivity contribution < 1.29 is 23.1 Å². The number of aliphatic carboxylic acids is 1. The molecule has 0 spiro atoms. The summed E-state index contributed by atoms with van der Waals surface area (Å²) in [6.07, 6.45) is 0.999. The minimum atomic E-state index is -3.06. The van der Waals surface area contributed by atoms with Crippen LogP contribution in [-0.2, 0) is 25.8 Å². The van der Waals surface area contributed by atoms with E-state index in [0.717, 1.165) is 12.0 Å². The maximum atomic E-state index is 12.1. The number of amidine groups is 1. The Labute approximate surface area is 162 Å². The van der Waals surface area contributed by atoms with Crippen LogP contribution in [0.15, 0.2) is 35.3 Å². The fraction of sp³-hybridized carbons (Fsp3) is 0.500. The first-order valence-electron chi connectivity index (χ1n) is 8.85. The van der Waals surface area contributed by atoms with Gasteiger partial charge in [-0.1, -0.05) is 42.1 Å². The Morgan fingerprint density at radius 3 is 2.63 bits per heavy atom. The van der Waals surface area contributed by atoms with Gasteiger partial charge in [0.1, 0.15) is 0 Å². The number of thioether (sulfide) groups is 1. The molecule has 146 valence electrons. The van der Waals surface area contributed by atoms with Crippen molar-refractivity contribution in [2.75, 3.05) is 18.1 Å². The highest BCUT2D eigenvalue weighted by Crippen LogP contribution is 2.38. The zero-order valence-corrected chi connectivity index (χ0v) is 16.4. The number of aliphatic imine (C=N–C) groups is 1. The molecule has 1 aromatic rings. The normalized spacial score (nSPS) is 24.9. The highest BCUT2D eigenvalue weighted by atomic mass is 32.2. The minimum Gasteiger partial charge on any atom is -0.481 e. The smallest absolute Gasteiger partial charge is 0.303 e. The largest absolute Gasteiger partial charge is 0.481 e. The molecule has 2 aliphatic heterocycles. The van der Waals surface area contributed by atoms with Crippen molar-refractivity contribution in [1.82, 2.24) is 4.90 Å². The van der Waals surface area contributed by atoms with Crippen LogP contribution < -0.4 is 0 Å². The van der Waals surface area contributed by atoms with Gasteiger partial charge >= 0.3 is 5.97 Å². The Hall–Kier alpha value is -1.87. The first-order valence-corrected chi connectivity index (χ1v) is 11.5. The standard InChI is InChI=1S/C18H22N2O5S2/c21-16(7-4-8-17(22)23)19-18-20(10-9-13-5-2-1-3-6-13)14-11-27(24,25)12-15(14)26-18/h1-3,5-6,14-15H,4,7-12H2,(H,22,23)/t14-,15+/m1/s1. The Balaban J connectivity index is 1.70. The van der Waals surface area contributed by atoms with Crippen LogP contribution >= 0.6 is 11.8 Å². The number of carbonyl (C=O) groups excluding carboxylic acids is 1. The number of carboxylic acids is 1. The molecule has 0 radical (unpaired) electrons. The Morgan fingerprint density at radius 2 is 1.93 bits per heavy atom. The summed E-state index contributed by atoms with van der Waals surface area (Å²) in [6, 6.07) is 9.72. The molecule has 7 nitrogen and oxygen atoms in total. The number of fused-ring (bicyclic) bond motifs is 1. The van der Waals surface area contributed by atoms with E-state index in [0.29, 0.717) is 11.7 Å². The van der Waals surface area contributed by atoms with Gasteiger partial charge in [0, 0.05) is 24.6 Å². The molecular formula is C18H22N2O5S2. The molecule has 0 aromatic heterocycles. The Kier molecular flexibility index (Phi) is 6.21. The molecule has 2 fully saturated rings. The second-order valence-electron chi connectivity index (χ2n) is 6.76. The molecule has 0 unspecified atom stereocenters. The number of sulfone groups is 1. The number of amides is 1. The first-order chi connectivity index (χ1) is 12.8. The number of benzene rings is 1. The van der Waals surface area contributed by atoms with Gasteiger partial charge in [0.25, 0.3) is 0 Å². The quantitative estimate of drug-likeness (QED) is 0.728. The molecule has 0 aliphatic carbocycles. The highest BCUT2D eigenvalue weighted by Gasteiger charge is 2.48. The third kappa shape index (κ3) is 5.32. The van der Waals surface area contributed by atoms with Gasteiger partial charge in [0.2, 0.25) is 5.91 Å². The average molecular weight is 411 g/mol. The van der Waals surface area contributed by atoms with Gasteiger partial charge in [0.15, 0.2) is 15.0 Å². The van der Waals surface area contributed by atoms with E-state index in [-0.39, 0.29) is 48.0 Å². The Morgan fingerprint density at radius 1 is 1.19 bits per heavy atom. The van der Waals surface area contributed by atoms with Crippen molar-refractivity contribution in [2.45, 2.75) is 37.0 Å². The van der Waals surface area contributed by atoms with Crippen molar-refractivity contribution in [2.24, 2.45) is 4.99 Å². The summed E-state index contributed by atoms with van der Waals surface area (Å²) in [5.74, 6) is -1.09. The topological polar surface area (TPSA) is 104 Å². The molecule has 9 heteroatoms. The summed E-state index contributed by atoms with van der Waals surface area (Å²) in [6.45, 7) is 0.592. The van der Waals surface area contributed by atoms with Crippen LogP contribution in [0.2, 0.25) is 0 Å². The third-order valence-electron chi connectivity index (χ3n) is 4.66. The third-order valence-corrected chi connectivity index (χ3v) is 7.91. The summed E-state index contributed by atoms with van der Waals surface area (Å²) in [4.78, 5) is 28.8. The van der Waals surface area contributed by atoms with E-state index in [9.17, 15) is 18.0 Å². The van der Waals surface area contributed by atoms with Crippen molar-refractivity contribution in [3.8, 4) is 0 Å². The molecule has 1 aromatic carbocycles. The number of hydrogen-bond acceptors (Lipinski definition) is 5. The van der Waals surface area contributed by atoms with Gasteiger partial charge in [-0.3, -0.25) is 9.59 Å². The lowest BCUT2D eigenvalue weighted by Crippen LogP contribution is -2.39. The molecule has 1 amide bonds. The van der Waals surface area contributed by atoms with Crippen LogP contribution in [0.25, 0.3) is 0 Å². The van der Waals surface area contributed by atoms with Gasteiger partial charge in [-0.05, 0) is 18.4 Å². The van der Waals surface area contributed by atoms with Gasteiger partial charge in [0.05, 0.1) is 17.5 Å². The number of rotatable bonds is 7. The van der Waals surface area contributed by atoms with E-state index < -0.39 is 15.8 Å². The molecule has 1 N–H and O–H groups in total. The molecule has 0 bridgehead atoms. The Bertz CT molecular complexity index is 839. The van der Waals surface area contributed by atoms with E-state index in [1.165, 1.54) is 11.8 Å². The zero-order valence-electron chi connectivity index (χ0n) is 14.8. The zero-order chi connectivity index (χ0) is 19.4. The maximum Gasteiger partial charge on any atom is 0.303 e. The van der Waals surface area contributed by atoms with E-state index in [4.69, 9.17) is 5.11 Å². The summed E-state index contributed by atoms with van der Waals surface area (Å²) in [5.41, 5.74) is 1.14. The van der Waals surface area contributed by atoms with E-state index in [1.54, 1.807) is 0 Å². The molecular weight excluding hydrogens is 388 g/mol. The van der Waals surface area contributed by atoms with Crippen LogP contribution in [0.4, 0.5) is 0 Å². The van der Waals surface area contributed by atoms with Crippen LogP contribution in [0.5, 0.6) is 0 Å². The monoisotopic (exact) mass is 410 g/mol. The predicted molar refractivity (Wildman–Crippen MR) is 105 cm³/mol. The van der Waals surface area contributed by atoms with Gasteiger partial charge in [-0.25, -0.2) is 8.42 Å². The van der Waals surface area contributed by atoms with Gasteiger partial charge < -0.3 is 10.0 Å². The second kappa shape index (κ2) is 8.43. The fourth-order valence-corrected chi connectivity index (χ4v) is 7.34. The molecule has 2 aliphatic rings. The van der Waals surface area contributed by atoms with Gasteiger partial charge in [-0.2, -0.15) is 4.99 Å². The molecule has 2 atom stereocenters. The summed E-state index contributed by atoms with van der Waals surface area (Å²) in [5, 5.41) is 9.14. The molecule has 3 rings (SSSR count). The average Bonchev–Trinajstić information content (AvgIpc) is 3.04. The van der Waals surface area contributed by atoms with Crippen molar-refractivity contribution in [1.29, 1.82) is 0 Å². The van der Waals surface area contributed by atoms with Crippen LogP contribution in [-0.4, -0.2) is 64.8 Å². The SMILES string of the molecule is O=C(O)CCCC(=O)N=C1S[C@H]2CS(=O)(=O)C[C@H]2N1CCc1ccccc1. The van der Waals surface area contributed by atoms with Crippen LogP contribution in [0.1, 0.15) is 24.8 Å². The van der Waals surface area contributed by atoms with Crippen LogP contribution in [0.3, 0.4) is 0 Å². The van der Waals surface area contributed by atoms with Gasteiger partial charge in [-0.15, -0.1) is 0 Å². The summed E-state index contributed by atoms with van der Waals surface area (Å²) >= 11 is 1.35. The summed E-state index contributed by atoms with van der Waals surface area (Å²) < 4.78 is 24.0. The predicted octanol–water partition coefficient (Wildman–Crippen LogP) is 1.58. The van der Waals surface area contributed by atoms with E-state index in [1.807, 2.05) is 35.2 Å². The van der Waals surface area contributed by atoms with E-state index in [2.05, 4.69) is 4.99 Å². The lowest BCUT2D eigenvalue weighted by Gasteiger charge is -2.24. The van der Waals surface area contributed by atoms with Crippen molar-refractivity contribution >= 4 is 38.6 Å². The number of carboxylic acid groups (broad SMARTS) is 1. The number of nitrogens with zero attached hydrogens (tertiary/aromatic N) is 2. The van der Waals surface area contributed by atoms with E-state index >= 15 is 0 Å². The first kappa shape index (κ1) is 19.9. The minimum absolute atomic E-state index is 0.0645. The van der Waals surface area contributed by atoms with Crippen molar-refractivity contribution in [3.63, 3.8) is 0 Å². The molecule has 0 saturated carbocycles. The molecule has 2 heterocycles.